The third-order valence-corrected chi connectivity index (χ3v) is 5.66. The lowest BCUT2D eigenvalue weighted by Crippen LogP contribution is -2.52. The Morgan fingerprint density at radius 3 is 2.69 bits per heavy atom. The molecule has 32 heavy (non-hydrogen) atoms. The number of halogens is 3. The highest BCUT2D eigenvalue weighted by Gasteiger charge is 2.41. The van der Waals surface area contributed by atoms with Crippen molar-refractivity contribution in [1.29, 1.82) is 0 Å². The Kier molecular flexibility index (Phi) is 5.03. The SMILES string of the molecule is [2H]N(Cc1ccc2c(c1)CN(C1CCC(=O)N([2H])C1=O)C2=O)C(=O)C(F)(F)c1ccc(Cl)cc1. The van der Waals surface area contributed by atoms with Crippen LogP contribution in [0.2, 0.25) is 7.85 Å². The second-order valence-corrected chi connectivity index (χ2v) is 7.96. The van der Waals surface area contributed by atoms with Gasteiger partial charge in [0.1, 0.15) is 6.04 Å². The number of hydrogen-bond donors (Lipinski definition) is 2. The third-order valence-electron chi connectivity index (χ3n) is 5.41. The zero-order chi connectivity index (χ0) is 24.8. The number of carbonyl (C=O) groups excluding carboxylic acids is 4. The number of rotatable bonds is 5. The van der Waals surface area contributed by atoms with Gasteiger partial charge in [0.05, 0.1) is 0 Å². The average Bonchev–Trinajstić information content (AvgIpc) is 3.12. The monoisotopic (exact) mass is 463 g/mol. The second-order valence-electron chi connectivity index (χ2n) is 7.53. The summed E-state index contributed by atoms with van der Waals surface area (Å²) in [7, 11) is 0. The van der Waals surface area contributed by atoms with E-state index in [9.17, 15) is 28.0 Å². The van der Waals surface area contributed by atoms with Gasteiger partial charge in [-0.25, -0.2) is 0 Å². The number of benzene rings is 2. The second kappa shape index (κ2) is 8.31. The van der Waals surface area contributed by atoms with Crippen molar-refractivity contribution in [2.45, 2.75) is 37.9 Å². The number of amides is 4. The van der Waals surface area contributed by atoms with Gasteiger partial charge in [0, 0.05) is 35.7 Å². The highest BCUT2D eigenvalue weighted by Crippen LogP contribution is 2.30. The molecule has 2 N–H and O–H groups in total. The minimum Gasteiger partial charge on any atom is -0.346 e. The molecule has 2 aliphatic rings. The number of piperidine rings is 1. The molecule has 2 aromatic carbocycles. The summed E-state index contributed by atoms with van der Waals surface area (Å²) in [5, 5.41) is 0.646. The summed E-state index contributed by atoms with van der Waals surface area (Å²) >= 11 is 5.70. The van der Waals surface area contributed by atoms with Crippen LogP contribution in [0.1, 0.15) is 39.9 Å². The van der Waals surface area contributed by atoms with Crippen molar-refractivity contribution in [3.05, 3.63) is 69.7 Å². The number of imide groups is 1. The van der Waals surface area contributed by atoms with Crippen LogP contribution in [-0.2, 0) is 33.4 Å². The van der Waals surface area contributed by atoms with Crippen molar-refractivity contribution in [3.63, 3.8) is 0 Å². The van der Waals surface area contributed by atoms with Crippen LogP contribution in [0.25, 0.3) is 0 Å². The molecule has 166 valence electrons. The summed E-state index contributed by atoms with van der Waals surface area (Å²) in [4.78, 5) is 50.2. The number of hydrogen-bond acceptors (Lipinski definition) is 4. The lowest BCUT2D eigenvalue weighted by molar-refractivity contribution is -0.147. The van der Waals surface area contributed by atoms with E-state index in [1.807, 2.05) is 0 Å². The van der Waals surface area contributed by atoms with Gasteiger partial charge in [-0.3, -0.25) is 24.5 Å². The van der Waals surface area contributed by atoms with E-state index >= 15 is 0 Å². The minimum absolute atomic E-state index is 0.0212. The molecule has 1 atom stereocenters. The topological polar surface area (TPSA) is 95.6 Å². The van der Waals surface area contributed by atoms with E-state index in [-0.39, 0.29) is 35.0 Å². The Balaban J connectivity index is 1.48. The van der Waals surface area contributed by atoms with Gasteiger partial charge in [-0.1, -0.05) is 35.9 Å². The average molecular weight is 464 g/mol. The van der Waals surface area contributed by atoms with Crippen LogP contribution in [0, 0.1) is 0 Å². The van der Waals surface area contributed by atoms with E-state index in [4.69, 9.17) is 14.4 Å². The van der Waals surface area contributed by atoms with Gasteiger partial charge in [-0.15, -0.1) is 0 Å². The number of nitrogens with zero attached hydrogens (tertiary/aromatic N) is 1. The normalized spacial score (nSPS) is 19.6. The molecule has 4 amide bonds. The number of alkyl halides is 2. The molecule has 0 bridgehead atoms. The molecule has 1 saturated heterocycles. The van der Waals surface area contributed by atoms with Crippen molar-refractivity contribution in [3.8, 4) is 0 Å². The van der Waals surface area contributed by atoms with Crippen LogP contribution in [-0.4, -0.2) is 34.6 Å². The van der Waals surface area contributed by atoms with Crippen LogP contribution in [0.5, 0.6) is 0 Å². The lowest BCUT2D eigenvalue weighted by atomic mass is 10.0. The maximum absolute atomic E-state index is 14.6. The highest BCUT2D eigenvalue weighted by atomic mass is 35.5. The minimum atomic E-state index is -3.93. The molecule has 2 aliphatic heterocycles. The maximum atomic E-state index is 14.6. The molecule has 0 radical (unpaired) electrons. The van der Waals surface area contributed by atoms with Crippen LogP contribution < -0.4 is 10.6 Å². The van der Waals surface area contributed by atoms with Crippen molar-refractivity contribution in [1.82, 2.24) is 15.5 Å². The number of carbonyl (C=O) groups is 4. The van der Waals surface area contributed by atoms with Gasteiger partial charge in [-0.2, -0.15) is 8.78 Å². The van der Waals surface area contributed by atoms with Crippen LogP contribution in [0.15, 0.2) is 42.5 Å². The Hall–Kier alpha value is -3.33. The third kappa shape index (κ3) is 4.08. The van der Waals surface area contributed by atoms with Gasteiger partial charge < -0.3 is 10.2 Å². The molecular weight excluding hydrogens is 444 g/mol. The predicted molar refractivity (Wildman–Crippen MR) is 110 cm³/mol. The van der Waals surface area contributed by atoms with E-state index < -0.39 is 47.7 Å². The van der Waals surface area contributed by atoms with Gasteiger partial charge in [0.2, 0.25) is 11.8 Å². The van der Waals surface area contributed by atoms with Crippen molar-refractivity contribution in [2.24, 2.45) is 0 Å². The molecule has 0 aliphatic carbocycles. The first kappa shape index (κ1) is 19.4. The van der Waals surface area contributed by atoms with E-state index in [0.717, 1.165) is 12.1 Å². The van der Waals surface area contributed by atoms with E-state index in [1.165, 1.54) is 35.2 Å². The molecule has 1 unspecified atom stereocenters. The Labute approximate surface area is 189 Å². The Morgan fingerprint density at radius 2 is 1.97 bits per heavy atom. The Bertz CT molecular complexity index is 1200. The predicted octanol–water partition coefficient (Wildman–Crippen LogP) is 2.51. The van der Waals surface area contributed by atoms with E-state index in [2.05, 4.69) is 0 Å². The summed E-state index contributed by atoms with van der Waals surface area (Å²) in [6.45, 7) is -0.436. The molecule has 0 spiro atoms. The van der Waals surface area contributed by atoms with Crippen molar-refractivity contribution in [2.75, 3.05) is 0 Å². The van der Waals surface area contributed by atoms with Gasteiger partial charge in [0.15, 0.2) is 2.82 Å². The summed E-state index contributed by atoms with van der Waals surface area (Å²) in [5.74, 6) is -7.53. The van der Waals surface area contributed by atoms with Gasteiger partial charge in [-0.05, 0) is 35.7 Å². The molecule has 1 fully saturated rings. The largest absolute Gasteiger partial charge is 0.349 e. The van der Waals surface area contributed by atoms with Crippen LogP contribution in [0.3, 0.4) is 0 Å². The molecular formula is C22H18ClF2N3O4. The first-order valence-corrected chi connectivity index (χ1v) is 10.1. The summed E-state index contributed by atoms with van der Waals surface area (Å²) in [5.41, 5.74) is 0.540. The van der Waals surface area contributed by atoms with E-state index in [0.29, 0.717) is 16.7 Å². The van der Waals surface area contributed by atoms with E-state index in [1.54, 1.807) is 0 Å². The summed E-state index contributed by atoms with van der Waals surface area (Å²) in [6.07, 6.45) is 0.0669. The molecule has 0 aromatic heterocycles. The summed E-state index contributed by atoms with van der Waals surface area (Å²) in [6, 6.07) is 7.93. The quantitative estimate of drug-likeness (QED) is 0.666. The Morgan fingerprint density at radius 1 is 1.25 bits per heavy atom. The molecule has 2 heterocycles. The molecule has 0 saturated carbocycles. The van der Waals surface area contributed by atoms with Crippen molar-refractivity contribution < 1.29 is 30.8 Å². The standard InChI is InChI=1S/C22H18ClF2N3O4/c23-15-4-2-14(3-5-15)22(24,25)21(32)26-10-12-1-6-16-13(9-12)11-28(20(16)31)17-7-8-18(29)27-19(17)30/h1-6,9,17H,7-8,10-11H2,(H,26,32)(H,27,29,30)/i/hD2. The lowest BCUT2D eigenvalue weighted by Gasteiger charge is -2.29. The highest BCUT2D eigenvalue weighted by molar-refractivity contribution is 6.30. The van der Waals surface area contributed by atoms with Crippen molar-refractivity contribution >= 4 is 35.2 Å². The van der Waals surface area contributed by atoms with Crippen LogP contribution >= 0.6 is 11.6 Å². The van der Waals surface area contributed by atoms with Crippen LogP contribution in [0.4, 0.5) is 8.78 Å². The first-order valence-electron chi connectivity index (χ1n) is 10.6. The fourth-order valence-corrected chi connectivity index (χ4v) is 3.84. The van der Waals surface area contributed by atoms with Gasteiger partial charge in [0.25, 0.3) is 11.8 Å². The first-order chi connectivity index (χ1) is 16.0. The number of fused-ring (bicyclic) bond motifs is 1. The molecule has 10 heteroatoms. The summed E-state index contributed by atoms with van der Waals surface area (Å²) < 4.78 is 44.6. The molecule has 4 rings (SSSR count). The number of nitrogens with one attached hydrogen (secondary N) is 2. The fourth-order valence-electron chi connectivity index (χ4n) is 3.72. The maximum Gasteiger partial charge on any atom is 0.349 e. The smallest absolute Gasteiger partial charge is 0.346 e. The molecule has 7 nitrogen and oxygen atoms in total. The molecule has 2 aromatic rings. The zero-order valence-corrected chi connectivity index (χ0v) is 17.3. The fraction of sp³-hybridized carbons (Fsp3) is 0.273. The zero-order valence-electron chi connectivity index (χ0n) is 18.6. The van der Waals surface area contributed by atoms with Gasteiger partial charge >= 0.3 is 5.92 Å².